The smallest absolute Gasteiger partial charge is 0.322 e. The number of nitrogens with one attached hydrogen (secondary N) is 2. The van der Waals surface area contributed by atoms with Crippen molar-refractivity contribution in [2.24, 2.45) is 0 Å². The summed E-state index contributed by atoms with van der Waals surface area (Å²) in [7, 11) is 1.92. The molecule has 1 fully saturated rings. The van der Waals surface area contributed by atoms with Crippen molar-refractivity contribution in [1.82, 2.24) is 15.5 Å². The van der Waals surface area contributed by atoms with Crippen molar-refractivity contribution in [2.45, 2.75) is 31.3 Å². The molecule has 7 heteroatoms. The van der Waals surface area contributed by atoms with Crippen molar-refractivity contribution in [3.63, 3.8) is 0 Å². The average molecular weight is 268 g/mol. The van der Waals surface area contributed by atoms with Crippen molar-refractivity contribution in [3.05, 3.63) is 0 Å². The number of likely N-dealkylation sites (N-methyl/N-ethyl adjacent to an activating group) is 1. The van der Waals surface area contributed by atoms with Gasteiger partial charge in [-0.3, -0.25) is 14.5 Å². The second-order valence-electron chi connectivity index (χ2n) is 4.73. The molecular weight excluding hydrogens is 248 g/mol. The van der Waals surface area contributed by atoms with E-state index in [-0.39, 0.29) is 31.0 Å². The van der Waals surface area contributed by atoms with Crippen molar-refractivity contribution in [2.75, 3.05) is 26.7 Å². The molecule has 1 saturated heterocycles. The lowest BCUT2D eigenvalue weighted by molar-refractivity contribution is -0.137. The second-order valence-corrected chi connectivity index (χ2v) is 4.73. The molecule has 1 amide bonds. The highest BCUT2D eigenvalue weighted by Crippen LogP contribution is 2.14. The van der Waals surface area contributed by atoms with Gasteiger partial charge in [0.1, 0.15) is 6.54 Å². The summed E-state index contributed by atoms with van der Waals surface area (Å²) < 4.78 is 0. The summed E-state index contributed by atoms with van der Waals surface area (Å²) in [5.74, 6) is -1.31. The van der Waals surface area contributed by atoms with E-state index >= 15 is 0 Å². The van der Waals surface area contributed by atoms with Gasteiger partial charge < -0.3 is 15.7 Å². The fourth-order valence-electron chi connectivity index (χ4n) is 2.13. The first-order chi connectivity index (χ1) is 9.02. The van der Waals surface area contributed by atoms with Gasteiger partial charge in [0.05, 0.1) is 12.1 Å². The van der Waals surface area contributed by atoms with Crippen LogP contribution in [0, 0.1) is 11.3 Å². The van der Waals surface area contributed by atoms with Crippen LogP contribution in [-0.4, -0.2) is 60.6 Å². The van der Waals surface area contributed by atoms with E-state index in [1.165, 1.54) is 0 Å². The third-order valence-corrected chi connectivity index (χ3v) is 3.20. The molecule has 0 saturated carbocycles. The maximum atomic E-state index is 11.3. The first kappa shape index (κ1) is 15.4. The van der Waals surface area contributed by atoms with Crippen molar-refractivity contribution >= 4 is 11.9 Å². The van der Waals surface area contributed by atoms with Crippen LogP contribution in [0.1, 0.15) is 19.3 Å². The van der Waals surface area contributed by atoms with Crippen molar-refractivity contribution in [1.29, 1.82) is 5.26 Å². The molecule has 0 aromatic rings. The van der Waals surface area contributed by atoms with Crippen LogP contribution in [0.3, 0.4) is 0 Å². The molecule has 0 aromatic heterocycles. The Morgan fingerprint density at radius 2 is 2.21 bits per heavy atom. The molecule has 1 heterocycles. The van der Waals surface area contributed by atoms with Crippen molar-refractivity contribution < 1.29 is 14.7 Å². The molecule has 0 radical (unpaired) electrons. The number of amides is 1. The Kier molecular flexibility index (Phi) is 6.25. The Balaban J connectivity index is 2.15. The summed E-state index contributed by atoms with van der Waals surface area (Å²) in [6.45, 7) is 0.963. The van der Waals surface area contributed by atoms with Gasteiger partial charge in [0.15, 0.2) is 0 Å². The van der Waals surface area contributed by atoms with E-state index in [0.29, 0.717) is 6.54 Å². The normalized spacial score (nSPS) is 23.6. The number of carbonyl (C=O) groups excluding carboxylic acids is 1. The zero-order chi connectivity index (χ0) is 14.3. The third-order valence-electron chi connectivity index (χ3n) is 3.20. The van der Waals surface area contributed by atoms with E-state index in [1.807, 2.05) is 11.9 Å². The molecule has 0 unspecified atom stereocenters. The topological polar surface area (TPSA) is 105 Å². The number of carboxylic acids is 1. The maximum absolute atomic E-state index is 11.3. The number of hydrogen-bond acceptors (Lipinski definition) is 5. The average Bonchev–Trinajstić information content (AvgIpc) is 2.36. The minimum atomic E-state index is -1.04. The zero-order valence-corrected chi connectivity index (χ0v) is 11.1. The van der Waals surface area contributed by atoms with Gasteiger partial charge in [-0.2, -0.15) is 5.26 Å². The van der Waals surface area contributed by atoms with E-state index in [4.69, 9.17) is 10.4 Å². The SMILES string of the molecule is CN1C[C@H](NCCC(=O)NCC(=O)O)CC[C@H]1C#N. The minimum Gasteiger partial charge on any atom is -0.480 e. The van der Waals surface area contributed by atoms with Gasteiger partial charge in [-0.15, -0.1) is 0 Å². The van der Waals surface area contributed by atoms with E-state index < -0.39 is 5.97 Å². The van der Waals surface area contributed by atoms with E-state index in [9.17, 15) is 9.59 Å². The number of carboxylic acid groups (broad SMARTS) is 1. The number of nitriles is 1. The fourth-order valence-corrected chi connectivity index (χ4v) is 2.13. The van der Waals surface area contributed by atoms with Crippen LogP contribution in [0.25, 0.3) is 0 Å². The van der Waals surface area contributed by atoms with Gasteiger partial charge in [0, 0.05) is 25.6 Å². The zero-order valence-electron chi connectivity index (χ0n) is 11.1. The van der Waals surface area contributed by atoms with Crippen LogP contribution >= 0.6 is 0 Å². The number of likely N-dealkylation sites (tertiary alicyclic amines) is 1. The Morgan fingerprint density at radius 1 is 1.47 bits per heavy atom. The Morgan fingerprint density at radius 3 is 2.79 bits per heavy atom. The molecule has 19 heavy (non-hydrogen) atoms. The highest BCUT2D eigenvalue weighted by molar-refractivity contribution is 5.81. The summed E-state index contributed by atoms with van der Waals surface area (Å²) in [4.78, 5) is 23.5. The quantitative estimate of drug-likeness (QED) is 0.579. The van der Waals surface area contributed by atoms with Crippen LogP contribution in [-0.2, 0) is 9.59 Å². The first-order valence-electron chi connectivity index (χ1n) is 6.34. The van der Waals surface area contributed by atoms with Crippen LogP contribution < -0.4 is 10.6 Å². The minimum absolute atomic E-state index is 0.0167. The number of nitrogens with zero attached hydrogens (tertiary/aromatic N) is 2. The second kappa shape index (κ2) is 7.71. The predicted octanol–water partition coefficient (Wildman–Crippen LogP) is -0.847. The monoisotopic (exact) mass is 268 g/mol. The van der Waals surface area contributed by atoms with Gasteiger partial charge >= 0.3 is 5.97 Å². The van der Waals surface area contributed by atoms with Crippen molar-refractivity contribution in [3.8, 4) is 6.07 Å². The van der Waals surface area contributed by atoms with Gasteiger partial charge in [-0.25, -0.2) is 0 Å². The summed E-state index contributed by atoms with van der Waals surface area (Å²) in [6, 6.07) is 2.52. The molecule has 3 N–H and O–H groups in total. The molecule has 0 spiro atoms. The van der Waals surface area contributed by atoms with Crippen LogP contribution in [0.5, 0.6) is 0 Å². The lowest BCUT2D eigenvalue weighted by Gasteiger charge is -2.33. The van der Waals surface area contributed by atoms with Gasteiger partial charge in [-0.1, -0.05) is 0 Å². The number of hydrogen-bond donors (Lipinski definition) is 3. The molecule has 1 rings (SSSR count). The molecule has 7 nitrogen and oxygen atoms in total. The van der Waals surface area contributed by atoms with Crippen LogP contribution in [0.4, 0.5) is 0 Å². The number of piperidine rings is 1. The van der Waals surface area contributed by atoms with Gasteiger partial charge in [-0.05, 0) is 19.9 Å². The summed E-state index contributed by atoms with van der Waals surface area (Å²) in [5, 5.41) is 22.9. The highest BCUT2D eigenvalue weighted by atomic mass is 16.4. The predicted molar refractivity (Wildman–Crippen MR) is 68.3 cm³/mol. The summed E-state index contributed by atoms with van der Waals surface area (Å²) in [5.41, 5.74) is 0. The Labute approximate surface area is 112 Å². The molecule has 2 atom stereocenters. The first-order valence-corrected chi connectivity index (χ1v) is 6.34. The summed E-state index contributed by atoms with van der Waals surface area (Å²) in [6.07, 6.45) is 2.00. The number of rotatable bonds is 6. The summed E-state index contributed by atoms with van der Waals surface area (Å²) >= 11 is 0. The molecule has 106 valence electrons. The molecule has 1 aliphatic rings. The standard InChI is InChI=1S/C12H20N4O3/c1-16-8-9(2-3-10(16)6-13)14-5-4-11(17)15-7-12(18)19/h9-10,14H,2-5,7-8H2,1H3,(H,15,17)(H,18,19)/t9-,10+/m1/s1. The maximum Gasteiger partial charge on any atom is 0.322 e. The number of carbonyl (C=O) groups is 2. The molecule has 0 aromatic carbocycles. The van der Waals surface area contributed by atoms with E-state index in [0.717, 1.165) is 19.4 Å². The lowest BCUT2D eigenvalue weighted by atomic mass is 10.00. The number of aliphatic carboxylic acids is 1. The molecule has 0 aliphatic carbocycles. The van der Waals surface area contributed by atoms with Gasteiger partial charge in [0.25, 0.3) is 0 Å². The van der Waals surface area contributed by atoms with Crippen LogP contribution in [0.2, 0.25) is 0 Å². The highest BCUT2D eigenvalue weighted by Gasteiger charge is 2.24. The molecular formula is C12H20N4O3. The van der Waals surface area contributed by atoms with Gasteiger partial charge in [0.2, 0.25) is 5.91 Å². The third kappa shape index (κ3) is 5.68. The Hall–Kier alpha value is -1.65. The molecule has 0 bridgehead atoms. The molecule has 1 aliphatic heterocycles. The van der Waals surface area contributed by atoms with E-state index in [1.54, 1.807) is 0 Å². The van der Waals surface area contributed by atoms with Crippen LogP contribution in [0.15, 0.2) is 0 Å². The largest absolute Gasteiger partial charge is 0.480 e. The lowest BCUT2D eigenvalue weighted by Crippen LogP contribution is -2.48. The fraction of sp³-hybridized carbons (Fsp3) is 0.750. The Bertz CT molecular complexity index is 366. The van der Waals surface area contributed by atoms with E-state index in [2.05, 4.69) is 16.7 Å².